The topological polar surface area (TPSA) is 134 Å². The maximum Gasteiger partial charge on any atom is 0.262 e. The molecule has 33 heavy (non-hydrogen) atoms. The second kappa shape index (κ2) is 8.95. The average Bonchev–Trinajstić information content (AvgIpc) is 3.09. The van der Waals surface area contributed by atoms with Crippen molar-refractivity contribution in [3.63, 3.8) is 0 Å². The first-order valence-corrected chi connectivity index (χ1v) is 10.1. The van der Waals surface area contributed by atoms with Gasteiger partial charge in [-0.2, -0.15) is 0 Å². The number of carbonyl (C=O) groups excluding carboxylic acids is 2. The molecule has 2 amide bonds. The molecule has 3 heterocycles. The molecule has 168 valence electrons. The molecule has 4 aromatic rings. The number of rotatable bonds is 7. The Hall–Kier alpha value is -4.47. The number of nitrogens with zero attached hydrogens (tertiary/aromatic N) is 4. The summed E-state index contributed by atoms with van der Waals surface area (Å²) in [5, 5.41) is 7.82. The van der Waals surface area contributed by atoms with Gasteiger partial charge in [-0.25, -0.2) is 14.6 Å². The van der Waals surface area contributed by atoms with Crippen molar-refractivity contribution < 1.29 is 19.1 Å². The second-order valence-electron chi connectivity index (χ2n) is 7.42. The van der Waals surface area contributed by atoms with E-state index in [1.165, 1.54) is 12.3 Å². The highest BCUT2D eigenvalue weighted by Crippen LogP contribution is 2.27. The van der Waals surface area contributed by atoms with Gasteiger partial charge in [-0.05, 0) is 49.7 Å². The quantitative estimate of drug-likeness (QED) is 0.446. The van der Waals surface area contributed by atoms with Crippen molar-refractivity contribution in [2.24, 2.45) is 12.8 Å². The van der Waals surface area contributed by atoms with Crippen LogP contribution in [0.25, 0.3) is 11.0 Å². The lowest BCUT2D eigenvalue weighted by atomic mass is 10.2. The zero-order valence-corrected chi connectivity index (χ0v) is 18.3. The molecule has 0 spiro atoms. The van der Waals surface area contributed by atoms with E-state index < -0.39 is 5.91 Å². The molecule has 0 aliphatic rings. The van der Waals surface area contributed by atoms with E-state index in [1.807, 2.05) is 19.9 Å². The number of fused-ring (bicyclic) bond motifs is 1. The van der Waals surface area contributed by atoms with Crippen molar-refractivity contribution in [2.45, 2.75) is 13.8 Å². The fraction of sp³-hybridized carbons (Fsp3) is 0.174. The molecule has 1 aromatic carbocycles. The summed E-state index contributed by atoms with van der Waals surface area (Å²) < 4.78 is 12.9. The van der Waals surface area contributed by atoms with Gasteiger partial charge in [0.2, 0.25) is 17.7 Å². The van der Waals surface area contributed by atoms with E-state index in [0.717, 1.165) is 16.6 Å². The second-order valence-corrected chi connectivity index (χ2v) is 7.42. The molecule has 10 nitrogen and oxygen atoms in total. The van der Waals surface area contributed by atoms with Gasteiger partial charge < -0.3 is 20.5 Å². The predicted molar refractivity (Wildman–Crippen MR) is 121 cm³/mol. The van der Waals surface area contributed by atoms with Crippen LogP contribution in [0.3, 0.4) is 0 Å². The maximum absolute atomic E-state index is 12.4. The molecule has 10 heteroatoms. The summed E-state index contributed by atoms with van der Waals surface area (Å²) in [6.45, 7) is 3.64. The Bertz CT molecular complexity index is 1350. The number of hydrogen-bond donors (Lipinski definition) is 2. The number of ether oxygens (including phenoxy) is 2. The smallest absolute Gasteiger partial charge is 0.262 e. The highest BCUT2D eigenvalue weighted by atomic mass is 16.5. The normalized spacial score (nSPS) is 10.8. The Morgan fingerprint density at radius 3 is 2.70 bits per heavy atom. The number of aryl methyl sites for hydroxylation is 3. The number of aromatic nitrogens is 4. The Morgan fingerprint density at radius 1 is 1.15 bits per heavy atom. The Kier molecular flexibility index (Phi) is 5.90. The molecular weight excluding hydrogens is 424 g/mol. The minimum atomic E-state index is -0.547. The van der Waals surface area contributed by atoms with Crippen molar-refractivity contribution in [2.75, 3.05) is 11.9 Å². The van der Waals surface area contributed by atoms with Gasteiger partial charge in [0.25, 0.3) is 5.91 Å². The lowest BCUT2D eigenvalue weighted by Crippen LogP contribution is -2.20. The predicted octanol–water partition coefficient (Wildman–Crippen LogP) is 2.89. The van der Waals surface area contributed by atoms with E-state index >= 15 is 0 Å². The van der Waals surface area contributed by atoms with E-state index in [2.05, 4.69) is 20.4 Å². The molecule has 4 rings (SSSR count). The van der Waals surface area contributed by atoms with Crippen LogP contribution in [0.4, 0.5) is 5.69 Å². The Morgan fingerprint density at radius 2 is 1.97 bits per heavy atom. The molecule has 0 bridgehead atoms. The number of nitrogens with two attached hydrogens (primary N) is 1. The Balaban J connectivity index is 1.37. The lowest BCUT2D eigenvalue weighted by Gasteiger charge is -2.08. The van der Waals surface area contributed by atoms with Gasteiger partial charge in [-0.1, -0.05) is 6.07 Å². The molecular formula is C23H22N6O4. The first-order chi connectivity index (χ1) is 15.8. The van der Waals surface area contributed by atoms with Crippen molar-refractivity contribution in [3.05, 3.63) is 65.5 Å². The van der Waals surface area contributed by atoms with Crippen LogP contribution in [0, 0.1) is 13.8 Å². The minimum Gasteiger partial charge on any atom is -0.466 e. The molecule has 0 unspecified atom stereocenters. The van der Waals surface area contributed by atoms with Gasteiger partial charge in [-0.15, -0.1) is 5.10 Å². The van der Waals surface area contributed by atoms with Gasteiger partial charge in [0.1, 0.15) is 5.75 Å². The van der Waals surface area contributed by atoms with E-state index in [9.17, 15) is 9.59 Å². The summed E-state index contributed by atoms with van der Waals surface area (Å²) in [5.41, 5.74) is 8.64. The molecule has 0 aliphatic carbocycles. The van der Waals surface area contributed by atoms with Gasteiger partial charge in [0.05, 0.1) is 17.3 Å². The number of amides is 2. The fourth-order valence-corrected chi connectivity index (χ4v) is 3.33. The average molecular weight is 446 g/mol. The van der Waals surface area contributed by atoms with Crippen LogP contribution in [0.5, 0.6) is 17.5 Å². The van der Waals surface area contributed by atoms with Gasteiger partial charge in [0.15, 0.2) is 12.3 Å². The number of carbonyl (C=O) groups is 2. The molecule has 0 radical (unpaired) electrons. The fourth-order valence-electron chi connectivity index (χ4n) is 3.33. The summed E-state index contributed by atoms with van der Waals surface area (Å²) in [6.07, 6.45) is 1.46. The third kappa shape index (κ3) is 4.90. The van der Waals surface area contributed by atoms with E-state index in [1.54, 1.807) is 42.1 Å². The van der Waals surface area contributed by atoms with Crippen LogP contribution in [-0.2, 0) is 11.8 Å². The van der Waals surface area contributed by atoms with Crippen LogP contribution in [0.15, 0.2) is 48.7 Å². The number of anilines is 1. The molecule has 0 saturated heterocycles. The van der Waals surface area contributed by atoms with Gasteiger partial charge >= 0.3 is 0 Å². The number of hydrogen-bond acceptors (Lipinski definition) is 7. The van der Waals surface area contributed by atoms with Crippen molar-refractivity contribution in [1.82, 2.24) is 19.7 Å². The maximum atomic E-state index is 12.4. The molecule has 0 atom stereocenters. The summed E-state index contributed by atoms with van der Waals surface area (Å²) >= 11 is 0. The van der Waals surface area contributed by atoms with Gasteiger partial charge in [0, 0.05) is 24.4 Å². The van der Waals surface area contributed by atoms with Crippen molar-refractivity contribution >= 4 is 28.5 Å². The van der Waals surface area contributed by atoms with E-state index in [-0.39, 0.29) is 12.5 Å². The zero-order valence-electron chi connectivity index (χ0n) is 18.3. The Labute approximate surface area is 189 Å². The molecule has 3 N–H and O–H groups in total. The van der Waals surface area contributed by atoms with Crippen LogP contribution in [0.1, 0.15) is 21.6 Å². The van der Waals surface area contributed by atoms with Crippen LogP contribution in [0.2, 0.25) is 0 Å². The standard InChI is InChI=1S/C23H22N6O4/c1-13-9-14(2)26-22-20(13)23(28-29(22)3)32-12-18(30)27-16-7-8-19(25-11-16)33-17-6-4-5-15(10-17)21(24)31/h4-11H,12H2,1-3H3,(H2,24,31)(H,27,30). The summed E-state index contributed by atoms with van der Waals surface area (Å²) in [5.74, 6) is 0.161. The summed E-state index contributed by atoms with van der Waals surface area (Å²) in [6, 6.07) is 11.6. The summed E-state index contributed by atoms with van der Waals surface area (Å²) in [4.78, 5) is 32.3. The minimum absolute atomic E-state index is 0.225. The zero-order chi connectivity index (χ0) is 23.5. The first-order valence-electron chi connectivity index (χ1n) is 10.1. The lowest BCUT2D eigenvalue weighted by molar-refractivity contribution is -0.118. The van der Waals surface area contributed by atoms with Crippen molar-refractivity contribution in [3.8, 4) is 17.5 Å². The van der Waals surface area contributed by atoms with Crippen LogP contribution >= 0.6 is 0 Å². The number of pyridine rings is 2. The number of benzene rings is 1. The monoisotopic (exact) mass is 446 g/mol. The highest BCUT2D eigenvalue weighted by molar-refractivity contribution is 5.93. The van der Waals surface area contributed by atoms with Gasteiger partial charge in [-0.3, -0.25) is 9.59 Å². The van der Waals surface area contributed by atoms with E-state index in [4.69, 9.17) is 15.2 Å². The van der Waals surface area contributed by atoms with E-state index in [0.29, 0.717) is 34.4 Å². The van der Waals surface area contributed by atoms with Crippen LogP contribution < -0.4 is 20.5 Å². The third-order valence-corrected chi connectivity index (χ3v) is 4.79. The molecule has 0 saturated carbocycles. The largest absolute Gasteiger partial charge is 0.466 e. The SMILES string of the molecule is Cc1cc(C)c2c(OCC(=O)Nc3ccc(Oc4cccc(C(N)=O)c4)nc3)nn(C)c2n1. The van der Waals surface area contributed by atoms with Crippen LogP contribution in [-0.4, -0.2) is 38.2 Å². The molecule has 0 fully saturated rings. The first kappa shape index (κ1) is 21.8. The molecule has 3 aromatic heterocycles. The summed E-state index contributed by atoms with van der Waals surface area (Å²) in [7, 11) is 1.78. The number of nitrogens with one attached hydrogen (secondary N) is 1. The third-order valence-electron chi connectivity index (χ3n) is 4.79. The highest BCUT2D eigenvalue weighted by Gasteiger charge is 2.16. The molecule has 0 aliphatic heterocycles. The van der Waals surface area contributed by atoms with Crippen molar-refractivity contribution in [1.29, 1.82) is 0 Å². The number of primary amides is 1.